The van der Waals surface area contributed by atoms with Crippen LogP contribution in [-0.4, -0.2) is 43.3 Å². The minimum absolute atomic E-state index is 0.0161. The molecule has 2 heterocycles. The molecule has 7 heteroatoms. The average Bonchev–Trinajstić information content (AvgIpc) is 2.95. The number of hydrogen-bond donors (Lipinski definition) is 1. The van der Waals surface area contributed by atoms with E-state index >= 15 is 0 Å². The van der Waals surface area contributed by atoms with Gasteiger partial charge in [0.2, 0.25) is 0 Å². The SMILES string of the molecule is COc1cccc(C(=O)N2c3ccccc3C(N3CCCc4cc(OCCCCC(=O)O)ccc43)CC2C)c1. The van der Waals surface area contributed by atoms with Crippen LogP contribution in [0.5, 0.6) is 11.5 Å². The molecule has 7 nitrogen and oxygen atoms in total. The van der Waals surface area contributed by atoms with E-state index in [4.69, 9.17) is 14.6 Å². The molecule has 0 radical (unpaired) electrons. The van der Waals surface area contributed by atoms with Crippen LogP contribution in [-0.2, 0) is 11.2 Å². The first kappa shape index (κ1) is 26.6. The molecule has 0 aliphatic carbocycles. The molecule has 0 aromatic heterocycles. The number of carbonyl (C=O) groups is 2. The quantitative estimate of drug-likeness (QED) is 0.330. The highest BCUT2D eigenvalue weighted by Crippen LogP contribution is 2.45. The number of fused-ring (bicyclic) bond motifs is 2. The molecule has 2 unspecified atom stereocenters. The monoisotopic (exact) mass is 528 g/mol. The Morgan fingerprint density at radius 2 is 1.82 bits per heavy atom. The van der Waals surface area contributed by atoms with Gasteiger partial charge in [0.25, 0.3) is 5.91 Å². The summed E-state index contributed by atoms with van der Waals surface area (Å²) in [5.74, 6) is 0.718. The van der Waals surface area contributed by atoms with E-state index in [1.807, 2.05) is 35.2 Å². The molecule has 2 aliphatic rings. The number of carboxylic acid groups (broad SMARTS) is 1. The van der Waals surface area contributed by atoms with Crippen molar-refractivity contribution in [3.63, 3.8) is 0 Å². The smallest absolute Gasteiger partial charge is 0.303 e. The van der Waals surface area contributed by atoms with Gasteiger partial charge < -0.3 is 24.4 Å². The summed E-state index contributed by atoms with van der Waals surface area (Å²) in [6.07, 6.45) is 4.38. The molecule has 3 aromatic carbocycles. The normalized spacial score (nSPS) is 18.2. The second-order valence-electron chi connectivity index (χ2n) is 10.4. The number of carboxylic acids is 1. The van der Waals surface area contributed by atoms with Gasteiger partial charge >= 0.3 is 5.97 Å². The lowest BCUT2D eigenvalue weighted by atomic mass is 9.87. The van der Waals surface area contributed by atoms with Crippen LogP contribution < -0.4 is 19.3 Å². The van der Waals surface area contributed by atoms with Crippen LogP contribution in [0.2, 0.25) is 0 Å². The number of ether oxygens (including phenoxy) is 2. The fraction of sp³-hybridized carbons (Fsp3) is 0.375. The summed E-state index contributed by atoms with van der Waals surface area (Å²) in [6, 6.07) is 22.1. The van der Waals surface area contributed by atoms with E-state index in [1.165, 1.54) is 16.8 Å². The molecule has 0 spiro atoms. The highest BCUT2D eigenvalue weighted by Gasteiger charge is 2.38. The van der Waals surface area contributed by atoms with E-state index in [9.17, 15) is 9.59 Å². The fourth-order valence-electron chi connectivity index (χ4n) is 5.87. The number of para-hydroxylation sites is 1. The van der Waals surface area contributed by atoms with Gasteiger partial charge in [-0.15, -0.1) is 0 Å². The number of anilines is 2. The molecule has 39 heavy (non-hydrogen) atoms. The van der Waals surface area contributed by atoms with Gasteiger partial charge in [-0.1, -0.05) is 24.3 Å². The van der Waals surface area contributed by atoms with Gasteiger partial charge in [0.15, 0.2) is 0 Å². The zero-order valence-corrected chi connectivity index (χ0v) is 22.6. The number of aliphatic carboxylic acids is 1. The van der Waals surface area contributed by atoms with Gasteiger partial charge in [-0.3, -0.25) is 9.59 Å². The summed E-state index contributed by atoms with van der Waals surface area (Å²) in [7, 11) is 1.61. The Bertz CT molecular complexity index is 1340. The van der Waals surface area contributed by atoms with Crippen LogP contribution in [0.1, 0.15) is 66.6 Å². The lowest BCUT2D eigenvalue weighted by Gasteiger charge is -2.46. The third-order valence-electron chi connectivity index (χ3n) is 7.73. The second-order valence-corrected chi connectivity index (χ2v) is 10.4. The van der Waals surface area contributed by atoms with E-state index < -0.39 is 5.97 Å². The molecule has 2 aliphatic heterocycles. The Morgan fingerprint density at radius 1 is 0.974 bits per heavy atom. The standard InChI is InChI=1S/C32H36N2O5/c1-22-19-30(27-12-3-4-13-29(27)34(22)32(37)24-9-7-11-25(21-24)38-2)33-17-8-10-23-20-26(15-16-28(23)33)39-18-6-5-14-31(35)36/h3-4,7,9,11-13,15-16,20-22,30H,5-6,8,10,14,17-19H2,1-2H3,(H,35,36). The van der Waals surface area contributed by atoms with E-state index in [0.717, 1.165) is 43.7 Å². The number of nitrogens with zero attached hydrogens (tertiary/aromatic N) is 2. The van der Waals surface area contributed by atoms with Crippen molar-refractivity contribution in [1.82, 2.24) is 0 Å². The number of aryl methyl sites for hydroxylation is 1. The third kappa shape index (κ3) is 5.72. The maximum atomic E-state index is 13.7. The third-order valence-corrected chi connectivity index (χ3v) is 7.73. The molecule has 0 bridgehead atoms. The Balaban J connectivity index is 1.38. The number of amides is 1. The van der Waals surface area contributed by atoms with Crippen LogP contribution in [0.15, 0.2) is 66.7 Å². The predicted octanol–water partition coefficient (Wildman–Crippen LogP) is 6.26. The van der Waals surface area contributed by atoms with Crippen molar-refractivity contribution in [2.75, 3.05) is 30.1 Å². The number of hydrogen-bond acceptors (Lipinski definition) is 5. The van der Waals surface area contributed by atoms with Gasteiger partial charge in [0.1, 0.15) is 11.5 Å². The largest absolute Gasteiger partial charge is 0.497 e. The van der Waals surface area contributed by atoms with Gasteiger partial charge in [-0.2, -0.15) is 0 Å². The van der Waals surface area contributed by atoms with Crippen LogP contribution in [0, 0.1) is 0 Å². The Hall–Kier alpha value is -4.00. The second kappa shape index (κ2) is 11.8. The molecule has 3 aromatic rings. The molecule has 2 atom stereocenters. The van der Waals surface area contributed by atoms with Gasteiger partial charge in [-0.25, -0.2) is 0 Å². The van der Waals surface area contributed by atoms with E-state index in [-0.39, 0.29) is 24.4 Å². The lowest BCUT2D eigenvalue weighted by molar-refractivity contribution is -0.137. The number of carbonyl (C=O) groups excluding carboxylic acids is 1. The number of unbranched alkanes of at least 4 members (excludes halogenated alkanes) is 1. The minimum Gasteiger partial charge on any atom is -0.497 e. The summed E-state index contributed by atoms with van der Waals surface area (Å²) in [6.45, 7) is 3.60. The van der Waals surface area contributed by atoms with Gasteiger partial charge in [-0.05, 0) is 92.6 Å². The van der Waals surface area contributed by atoms with Crippen LogP contribution >= 0.6 is 0 Å². The van der Waals surface area contributed by atoms with Crippen molar-refractivity contribution in [3.8, 4) is 11.5 Å². The van der Waals surface area contributed by atoms with Crippen molar-refractivity contribution < 1.29 is 24.2 Å². The molecule has 204 valence electrons. The zero-order valence-electron chi connectivity index (χ0n) is 22.6. The number of benzene rings is 3. The van der Waals surface area contributed by atoms with Crippen LogP contribution in [0.3, 0.4) is 0 Å². The topological polar surface area (TPSA) is 79.3 Å². The van der Waals surface area contributed by atoms with Crippen molar-refractivity contribution in [2.24, 2.45) is 0 Å². The summed E-state index contributed by atoms with van der Waals surface area (Å²) in [4.78, 5) is 28.9. The summed E-state index contributed by atoms with van der Waals surface area (Å²) >= 11 is 0. The summed E-state index contributed by atoms with van der Waals surface area (Å²) in [5, 5.41) is 8.82. The Labute approximate surface area is 230 Å². The molecular weight excluding hydrogens is 492 g/mol. The lowest BCUT2D eigenvalue weighted by Crippen LogP contribution is -2.47. The molecule has 0 saturated carbocycles. The van der Waals surface area contributed by atoms with Crippen LogP contribution in [0.4, 0.5) is 11.4 Å². The summed E-state index contributed by atoms with van der Waals surface area (Å²) in [5.41, 5.74) is 5.23. The van der Waals surface area contributed by atoms with E-state index in [2.05, 4.69) is 42.2 Å². The highest BCUT2D eigenvalue weighted by molar-refractivity contribution is 6.07. The zero-order chi connectivity index (χ0) is 27.4. The molecule has 0 saturated heterocycles. The number of rotatable bonds is 9. The Morgan fingerprint density at radius 3 is 2.64 bits per heavy atom. The van der Waals surface area contributed by atoms with E-state index in [0.29, 0.717) is 24.3 Å². The maximum Gasteiger partial charge on any atom is 0.303 e. The van der Waals surface area contributed by atoms with Gasteiger partial charge in [0.05, 0.1) is 19.8 Å². The molecule has 5 rings (SSSR count). The van der Waals surface area contributed by atoms with Crippen molar-refractivity contribution in [3.05, 3.63) is 83.4 Å². The average molecular weight is 529 g/mol. The number of methoxy groups -OCH3 is 1. The first-order chi connectivity index (χ1) is 19.0. The van der Waals surface area contributed by atoms with Crippen molar-refractivity contribution >= 4 is 23.3 Å². The maximum absolute atomic E-state index is 13.7. The minimum atomic E-state index is -0.768. The highest BCUT2D eigenvalue weighted by atomic mass is 16.5. The molecule has 1 N–H and O–H groups in total. The predicted molar refractivity (Wildman–Crippen MR) is 152 cm³/mol. The first-order valence-electron chi connectivity index (χ1n) is 13.8. The molecule has 0 fully saturated rings. The van der Waals surface area contributed by atoms with Crippen molar-refractivity contribution in [1.29, 1.82) is 0 Å². The molecule has 1 amide bonds. The summed E-state index contributed by atoms with van der Waals surface area (Å²) < 4.78 is 11.3. The van der Waals surface area contributed by atoms with Crippen LogP contribution in [0.25, 0.3) is 0 Å². The van der Waals surface area contributed by atoms with Crippen molar-refractivity contribution in [2.45, 2.75) is 57.5 Å². The van der Waals surface area contributed by atoms with E-state index in [1.54, 1.807) is 13.2 Å². The Kier molecular flexibility index (Phi) is 8.05. The first-order valence-corrected chi connectivity index (χ1v) is 13.8. The fourth-order valence-corrected chi connectivity index (χ4v) is 5.87. The molecular formula is C32H36N2O5. The van der Waals surface area contributed by atoms with Gasteiger partial charge in [0, 0.05) is 35.9 Å².